The number of furan rings is 4. The number of nitrogens with zero attached hydrogens (tertiary/aromatic N) is 7. The molecule has 0 unspecified atom stereocenters. The smallest absolute Gasteiger partial charge is 0.303 e. The normalized spacial score (nSPS) is 10.9. The number of aliphatic carboxylic acids is 4. The molecule has 0 aliphatic carbocycles. The van der Waals surface area contributed by atoms with Gasteiger partial charge in [0.25, 0.3) is 23.6 Å². The molecule has 0 aliphatic heterocycles. The maximum Gasteiger partial charge on any atom is 0.303 e. The molecular formula is C101H117N7O20S2. The molecule has 8 aromatic heterocycles. The minimum atomic E-state index is -0.773. The van der Waals surface area contributed by atoms with Crippen molar-refractivity contribution in [2.75, 3.05) is 26.4 Å². The molecule has 12 aromatic rings. The third kappa shape index (κ3) is 32.7. The van der Waals surface area contributed by atoms with Crippen molar-refractivity contribution in [1.82, 2.24) is 34.6 Å². The molecule has 0 spiro atoms. The lowest BCUT2D eigenvalue weighted by molar-refractivity contribution is -0.138. The number of hydrogen-bond acceptors (Lipinski definition) is 21. The number of carbonyl (C=O) groups is 8. The van der Waals surface area contributed by atoms with Crippen LogP contribution in [0, 0.1) is 0 Å². The van der Waals surface area contributed by atoms with E-state index in [1.54, 1.807) is 88.7 Å². The van der Waals surface area contributed by atoms with Crippen LogP contribution in [-0.2, 0) is 45.4 Å². The van der Waals surface area contributed by atoms with Gasteiger partial charge < -0.3 is 76.6 Å². The molecule has 0 bridgehead atoms. The zero-order chi connectivity index (χ0) is 93.1. The van der Waals surface area contributed by atoms with Crippen LogP contribution >= 0.6 is 22.7 Å². The third-order valence-corrected chi connectivity index (χ3v) is 22.6. The second-order valence-corrected chi connectivity index (χ2v) is 33.8. The Bertz CT molecular complexity index is 5080. The molecule has 0 radical (unpaired) electrons. The molecule has 0 saturated carbocycles. The highest BCUT2D eigenvalue weighted by Gasteiger charge is 2.28. The predicted octanol–water partition coefficient (Wildman–Crippen LogP) is 22.4. The topological polar surface area (TPSA) is 359 Å². The number of thiazole rings is 1. The minimum Gasteiger partial charge on any atom is -0.493 e. The van der Waals surface area contributed by atoms with Gasteiger partial charge in [0.15, 0.2) is 16.5 Å². The van der Waals surface area contributed by atoms with Crippen molar-refractivity contribution < 1.29 is 95.4 Å². The van der Waals surface area contributed by atoms with Crippen LogP contribution in [0.15, 0.2) is 243 Å². The van der Waals surface area contributed by atoms with Crippen molar-refractivity contribution in [3.8, 4) is 67.2 Å². The number of amides is 4. The standard InChI is InChI=1S/2C26H30N2O5.C25H29NO5S.C24H28N2O5S/c1-19(2)28(26(31)22-14-13-20(17-27-22)23-11-8-16-33-23)18-21-9-5-6-10-24(21)32-15-7-3-4-12-25(29)30;1-19(2)28(26(31)20-13-14-22(27-17-20)24-11-8-16-33-24)18-21-9-5-6-10-23(21)32-15-7-3-4-12-25(29)30;1-18(2)26(25(29)23-14-13-22(32-23)21-11-8-16-31-21)17-19-9-5-6-10-20(19)30-15-7-3-4-12-24(27)28;1-17(2)26(24(29)21-15-25-23(32-21)20-11-8-14-31-20)16-18-9-5-6-10-19(18)30-13-7-3-4-12-22(27)28/h2*5-6,8-11,13-14,16-17,19H,3-4,7,12,15,18H2,1-2H3,(H,29,30);5-6,8-11,13-14,16,18H,3-4,7,12,15,17H2,1-2H3,(H,27,28);5-6,8-11,14-15,17H,3-4,7,12-13,16H2,1-2H3,(H,27,28). The highest BCUT2D eigenvalue weighted by molar-refractivity contribution is 7.17. The van der Waals surface area contributed by atoms with Crippen LogP contribution in [0.2, 0.25) is 0 Å². The van der Waals surface area contributed by atoms with Crippen LogP contribution in [0.5, 0.6) is 23.0 Å². The van der Waals surface area contributed by atoms with Crippen molar-refractivity contribution in [1.29, 1.82) is 0 Å². The first-order valence-corrected chi connectivity index (χ1v) is 45.5. The zero-order valence-corrected chi connectivity index (χ0v) is 76.5. The highest BCUT2D eigenvalue weighted by Crippen LogP contribution is 2.34. The summed E-state index contributed by atoms with van der Waals surface area (Å²) in [5, 5.41) is 35.6. The van der Waals surface area contributed by atoms with E-state index in [4.69, 9.17) is 57.0 Å². The Morgan fingerprint density at radius 2 is 0.692 bits per heavy atom. The SMILES string of the molecule is CC(C)N(Cc1ccccc1OCCCCCC(=O)O)C(=O)c1ccc(-c2ccco2)cn1.CC(C)N(Cc1ccccc1OCCCCCC(=O)O)C(=O)c1ccc(-c2ccco2)nc1.CC(C)N(Cc1ccccc1OCCCCCC(=O)O)C(=O)c1ccc(-c2ccco2)s1.CC(C)N(Cc1ccccc1OCCCCCC(=O)O)C(=O)c1cnc(-c2ccco2)s1. The second-order valence-electron chi connectivity index (χ2n) is 31.7. The molecule has 4 amide bonds. The van der Waals surface area contributed by atoms with Gasteiger partial charge in [0.05, 0.1) is 73.0 Å². The molecule has 4 N–H and O–H groups in total. The summed E-state index contributed by atoms with van der Waals surface area (Å²) in [6, 6.07) is 56.2. The van der Waals surface area contributed by atoms with Crippen molar-refractivity contribution in [2.24, 2.45) is 0 Å². The van der Waals surface area contributed by atoms with E-state index in [0.29, 0.717) is 127 Å². The van der Waals surface area contributed by atoms with E-state index in [9.17, 15) is 38.4 Å². The summed E-state index contributed by atoms with van der Waals surface area (Å²) in [5.41, 5.74) is 6.08. The van der Waals surface area contributed by atoms with E-state index in [2.05, 4.69) is 15.0 Å². The Morgan fingerprint density at radius 1 is 0.323 bits per heavy atom. The maximum absolute atomic E-state index is 13.3. The fraction of sp³-hybridized carbons (Fsp3) is 0.356. The Kier molecular flexibility index (Phi) is 41.2. The number of aromatic nitrogens is 3. The summed E-state index contributed by atoms with van der Waals surface area (Å²) in [4.78, 5) is 118. The molecule has 27 nitrogen and oxygen atoms in total. The molecule has 12 rings (SSSR count). The summed E-state index contributed by atoms with van der Waals surface area (Å²) in [5.74, 6) is 2.28. The van der Waals surface area contributed by atoms with E-state index >= 15 is 0 Å². The average Bonchev–Trinajstić information content (AvgIpc) is 0.862. The average molecular weight is 1810 g/mol. The first kappa shape index (κ1) is 100. The molecule has 688 valence electrons. The molecular weight excluding hydrogens is 1700 g/mol. The number of benzene rings is 4. The number of hydrogen-bond donors (Lipinski definition) is 4. The van der Waals surface area contributed by atoms with Gasteiger partial charge >= 0.3 is 23.9 Å². The van der Waals surface area contributed by atoms with Gasteiger partial charge in [0.2, 0.25) is 0 Å². The fourth-order valence-electron chi connectivity index (χ4n) is 13.4. The van der Waals surface area contributed by atoms with E-state index in [-0.39, 0.29) is 73.5 Å². The lowest BCUT2D eigenvalue weighted by atomic mass is 10.1. The van der Waals surface area contributed by atoms with E-state index in [1.165, 1.54) is 22.7 Å². The minimum absolute atomic E-state index is 0.0132. The lowest BCUT2D eigenvalue weighted by Crippen LogP contribution is -2.37. The van der Waals surface area contributed by atoms with Gasteiger partial charge in [-0.3, -0.25) is 48.3 Å². The molecule has 8 heterocycles. The van der Waals surface area contributed by atoms with Crippen molar-refractivity contribution in [3.05, 3.63) is 269 Å². The van der Waals surface area contributed by atoms with Crippen LogP contribution in [0.1, 0.15) is 221 Å². The largest absolute Gasteiger partial charge is 0.493 e. The summed E-state index contributed by atoms with van der Waals surface area (Å²) in [7, 11) is 0. The molecule has 0 atom stereocenters. The van der Waals surface area contributed by atoms with Crippen LogP contribution < -0.4 is 18.9 Å². The third-order valence-electron chi connectivity index (χ3n) is 20.6. The fourth-order valence-corrected chi connectivity index (χ4v) is 15.2. The highest BCUT2D eigenvalue weighted by atomic mass is 32.1. The van der Waals surface area contributed by atoms with E-state index in [1.807, 2.05) is 212 Å². The zero-order valence-electron chi connectivity index (χ0n) is 74.9. The molecule has 29 heteroatoms. The van der Waals surface area contributed by atoms with Crippen LogP contribution in [0.25, 0.3) is 44.2 Å². The van der Waals surface area contributed by atoms with E-state index in [0.717, 1.165) is 113 Å². The number of pyridine rings is 2. The van der Waals surface area contributed by atoms with Crippen molar-refractivity contribution >= 4 is 70.2 Å². The van der Waals surface area contributed by atoms with Crippen molar-refractivity contribution in [2.45, 2.75) is 208 Å². The molecule has 0 aliphatic rings. The number of carbonyl (C=O) groups excluding carboxylic acids is 4. The monoisotopic (exact) mass is 1810 g/mol. The van der Waals surface area contributed by atoms with Gasteiger partial charge in [-0.1, -0.05) is 72.8 Å². The number of unbranched alkanes of at least 4 members (excludes halogenated alkanes) is 8. The summed E-state index contributed by atoms with van der Waals surface area (Å²) < 4.78 is 45.4. The number of para-hydroxylation sites is 4. The van der Waals surface area contributed by atoms with Gasteiger partial charge in [-0.25, -0.2) is 4.98 Å². The first-order chi connectivity index (χ1) is 62.8. The Labute approximate surface area is 766 Å². The summed E-state index contributed by atoms with van der Waals surface area (Å²) in [6.07, 6.45) is 20.9. The van der Waals surface area contributed by atoms with Crippen LogP contribution in [-0.4, -0.2) is 153 Å². The molecule has 0 fully saturated rings. The van der Waals surface area contributed by atoms with Gasteiger partial charge in [-0.15, -0.1) is 22.7 Å². The van der Waals surface area contributed by atoms with Gasteiger partial charge in [-0.05, 0) is 242 Å². The summed E-state index contributed by atoms with van der Waals surface area (Å²) >= 11 is 2.74. The molecule has 0 saturated heterocycles. The number of carboxylic acids is 4. The Morgan fingerprint density at radius 3 is 1.05 bits per heavy atom. The Balaban J connectivity index is 0.000000195. The lowest BCUT2D eigenvalue weighted by Gasteiger charge is -2.28. The molecule has 130 heavy (non-hydrogen) atoms. The van der Waals surface area contributed by atoms with Gasteiger partial charge in [-0.2, -0.15) is 0 Å². The van der Waals surface area contributed by atoms with E-state index < -0.39 is 23.9 Å². The maximum atomic E-state index is 13.3. The number of thiophene rings is 1. The number of rotatable bonds is 48. The van der Waals surface area contributed by atoms with Crippen LogP contribution in [0.3, 0.4) is 0 Å². The predicted molar refractivity (Wildman–Crippen MR) is 498 cm³/mol. The first-order valence-electron chi connectivity index (χ1n) is 43.9. The number of carboxylic acid groups (broad SMARTS) is 4. The van der Waals surface area contributed by atoms with Crippen molar-refractivity contribution in [3.63, 3.8) is 0 Å². The molecule has 4 aromatic carbocycles. The van der Waals surface area contributed by atoms with Gasteiger partial charge in [0.1, 0.15) is 50.8 Å². The quantitative estimate of drug-likeness (QED) is 0.0257. The number of ether oxygens (including phenoxy) is 4. The Hall–Kier alpha value is -13.4. The van der Waals surface area contributed by atoms with Crippen LogP contribution in [0.4, 0.5) is 0 Å². The summed E-state index contributed by atoms with van der Waals surface area (Å²) in [6.45, 7) is 19.6. The van der Waals surface area contributed by atoms with Gasteiger partial charge in [0, 0.05) is 116 Å². The second kappa shape index (κ2) is 53.4.